The zero-order valence-electron chi connectivity index (χ0n) is 10.8. The zero-order valence-corrected chi connectivity index (χ0v) is 10.8. The van der Waals surface area contributed by atoms with Gasteiger partial charge in [0.15, 0.2) is 0 Å². The molecule has 1 aliphatic rings. The average Bonchev–Trinajstić information content (AvgIpc) is 3.19. The Kier molecular flexibility index (Phi) is 4.99. The lowest BCUT2D eigenvalue weighted by Crippen LogP contribution is -2.22. The smallest absolute Gasteiger partial charge is 0.119 e. The van der Waals surface area contributed by atoms with E-state index >= 15 is 0 Å². The minimum Gasteiger partial charge on any atom is -0.491 e. The third-order valence-electron chi connectivity index (χ3n) is 2.87. The van der Waals surface area contributed by atoms with Crippen molar-refractivity contribution < 1.29 is 14.6 Å². The first-order valence-corrected chi connectivity index (χ1v) is 6.40. The van der Waals surface area contributed by atoms with Crippen molar-refractivity contribution in [3.8, 4) is 5.75 Å². The Morgan fingerprint density at radius 1 is 1.39 bits per heavy atom. The summed E-state index contributed by atoms with van der Waals surface area (Å²) in [6.45, 7) is 1.43. The standard InChI is InChI=1S/C14H21NO3/c1-17-9-13(16)10-18-14-4-2-3-11(7-14)8-15-12-5-6-12/h2-4,7,12-13,15-16H,5-6,8-10H2,1H3. The van der Waals surface area contributed by atoms with E-state index in [1.54, 1.807) is 7.11 Å². The summed E-state index contributed by atoms with van der Waals surface area (Å²) in [7, 11) is 1.56. The second kappa shape index (κ2) is 6.73. The second-order valence-corrected chi connectivity index (χ2v) is 4.72. The van der Waals surface area contributed by atoms with Gasteiger partial charge in [0.05, 0.1) is 6.61 Å². The Bertz CT molecular complexity index is 366. The fourth-order valence-electron chi connectivity index (χ4n) is 1.73. The van der Waals surface area contributed by atoms with Crippen molar-refractivity contribution in [1.82, 2.24) is 5.32 Å². The van der Waals surface area contributed by atoms with E-state index in [1.807, 2.05) is 18.2 Å². The van der Waals surface area contributed by atoms with E-state index in [9.17, 15) is 5.11 Å². The van der Waals surface area contributed by atoms with E-state index in [0.29, 0.717) is 12.6 Å². The van der Waals surface area contributed by atoms with Crippen LogP contribution in [0.4, 0.5) is 0 Å². The molecule has 4 nitrogen and oxygen atoms in total. The van der Waals surface area contributed by atoms with Crippen LogP contribution in [0.3, 0.4) is 0 Å². The molecule has 1 saturated carbocycles. The van der Waals surface area contributed by atoms with Crippen molar-refractivity contribution in [1.29, 1.82) is 0 Å². The van der Waals surface area contributed by atoms with Gasteiger partial charge >= 0.3 is 0 Å². The normalized spacial score (nSPS) is 16.6. The first kappa shape index (κ1) is 13.3. The van der Waals surface area contributed by atoms with Crippen LogP contribution >= 0.6 is 0 Å². The summed E-state index contributed by atoms with van der Waals surface area (Å²) in [5.74, 6) is 0.792. The van der Waals surface area contributed by atoms with Crippen LogP contribution in [0.1, 0.15) is 18.4 Å². The van der Waals surface area contributed by atoms with Gasteiger partial charge in [-0.1, -0.05) is 12.1 Å². The molecule has 1 aromatic carbocycles. The molecule has 0 bridgehead atoms. The van der Waals surface area contributed by atoms with E-state index in [-0.39, 0.29) is 6.61 Å². The van der Waals surface area contributed by atoms with Crippen LogP contribution in [0.2, 0.25) is 0 Å². The Labute approximate surface area is 108 Å². The molecular formula is C14H21NO3. The molecule has 1 aromatic rings. The van der Waals surface area contributed by atoms with E-state index < -0.39 is 6.10 Å². The van der Waals surface area contributed by atoms with Gasteiger partial charge in [0, 0.05) is 19.7 Å². The van der Waals surface area contributed by atoms with Crippen molar-refractivity contribution in [2.45, 2.75) is 31.5 Å². The summed E-state index contributed by atoms with van der Waals surface area (Å²) in [6, 6.07) is 8.67. The predicted octanol–water partition coefficient (Wildman–Crippen LogP) is 1.32. The SMILES string of the molecule is COCC(O)COc1cccc(CNC2CC2)c1. The highest BCUT2D eigenvalue weighted by molar-refractivity contribution is 5.28. The van der Waals surface area contributed by atoms with Gasteiger partial charge in [-0.15, -0.1) is 0 Å². The van der Waals surface area contributed by atoms with Crippen molar-refractivity contribution in [3.05, 3.63) is 29.8 Å². The molecule has 1 atom stereocenters. The molecule has 2 rings (SSSR count). The number of hydrogen-bond acceptors (Lipinski definition) is 4. The topological polar surface area (TPSA) is 50.7 Å². The maximum Gasteiger partial charge on any atom is 0.119 e. The molecule has 0 heterocycles. The van der Waals surface area contributed by atoms with Gasteiger partial charge in [0.1, 0.15) is 18.5 Å². The van der Waals surface area contributed by atoms with Crippen LogP contribution in [0.15, 0.2) is 24.3 Å². The minimum atomic E-state index is -0.580. The third kappa shape index (κ3) is 4.64. The van der Waals surface area contributed by atoms with Gasteiger partial charge in [-0.2, -0.15) is 0 Å². The highest BCUT2D eigenvalue weighted by Gasteiger charge is 2.19. The Balaban J connectivity index is 1.78. The van der Waals surface area contributed by atoms with E-state index in [4.69, 9.17) is 9.47 Å². The highest BCUT2D eigenvalue weighted by Crippen LogP contribution is 2.20. The lowest BCUT2D eigenvalue weighted by atomic mass is 10.2. The number of aliphatic hydroxyl groups excluding tert-OH is 1. The molecule has 4 heteroatoms. The second-order valence-electron chi connectivity index (χ2n) is 4.72. The number of rotatable bonds is 8. The first-order chi connectivity index (χ1) is 8.78. The summed E-state index contributed by atoms with van der Waals surface area (Å²) >= 11 is 0. The summed E-state index contributed by atoms with van der Waals surface area (Å²) < 4.78 is 10.4. The van der Waals surface area contributed by atoms with Crippen LogP contribution in [0.25, 0.3) is 0 Å². The monoisotopic (exact) mass is 251 g/mol. The molecule has 1 unspecified atom stereocenters. The first-order valence-electron chi connectivity index (χ1n) is 6.40. The van der Waals surface area contributed by atoms with Gasteiger partial charge in [0.25, 0.3) is 0 Å². The highest BCUT2D eigenvalue weighted by atomic mass is 16.5. The molecule has 0 aliphatic heterocycles. The molecule has 18 heavy (non-hydrogen) atoms. The molecule has 1 aliphatic carbocycles. The minimum absolute atomic E-state index is 0.257. The number of hydrogen-bond donors (Lipinski definition) is 2. The average molecular weight is 251 g/mol. The Morgan fingerprint density at radius 3 is 2.94 bits per heavy atom. The third-order valence-corrected chi connectivity index (χ3v) is 2.87. The van der Waals surface area contributed by atoms with Crippen LogP contribution in [0.5, 0.6) is 5.75 Å². The van der Waals surface area contributed by atoms with Crippen molar-refractivity contribution >= 4 is 0 Å². The molecule has 1 fully saturated rings. The lowest BCUT2D eigenvalue weighted by Gasteiger charge is -2.12. The summed E-state index contributed by atoms with van der Waals surface area (Å²) in [5.41, 5.74) is 1.21. The zero-order chi connectivity index (χ0) is 12.8. The van der Waals surface area contributed by atoms with E-state index in [0.717, 1.165) is 12.3 Å². The number of methoxy groups -OCH3 is 1. The summed E-state index contributed by atoms with van der Waals surface area (Å²) in [5, 5.41) is 13.0. The Morgan fingerprint density at radius 2 is 2.22 bits per heavy atom. The van der Waals surface area contributed by atoms with E-state index in [1.165, 1.54) is 18.4 Å². The molecule has 0 aromatic heterocycles. The molecule has 2 N–H and O–H groups in total. The fraction of sp³-hybridized carbons (Fsp3) is 0.571. The quantitative estimate of drug-likeness (QED) is 0.732. The van der Waals surface area contributed by atoms with Gasteiger partial charge < -0.3 is 19.9 Å². The largest absolute Gasteiger partial charge is 0.491 e. The van der Waals surface area contributed by atoms with Crippen LogP contribution in [0, 0.1) is 0 Å². The van der Waals surface area contributed by atoms with Crippen molar-refractivity contribution in [3.63, 3.8) is 0 Å². The molecule has 0 spiro atoms. The van der Waals surface area contributed by atoms with Gasteiger partial charge in [0.2, 0.25) is 0 Å². The number of nitrogens with one attached hydrogen (secondary N) is 1. The molecule has 0 radical (unpaired) electrons. The van der Waals surface area contributed by atoms with Gasteiger partial charge in [-0.25, -0.2) is 0 Å². The molecular weight excluding hydrogens is 230 g/mol. The van der Waals surface area contributed by atoms with Crippen LogP contribution in [-0.2, 0) is 11.3 Å². The Hall–Kier alpha value is -1.10. The number of benzene rings is 1. The maximum atomic E-state index is 9.50. The van der Waals surface area contributed by atoms with Crippen molar-refractivity contribution in [2.75, 3.05) is 20.3 Å². The van der Waals surface area contributed by atoms with Crippen molar-refractivity contribution in [2.24, 2.45) is 0 Å². The molecule has 100 valence electrons. The molecule has 0 amide bonds. The number of ether oxygens (including phenoxy) is 2. The summed E-state index contributed by atoms with van der Waals surface area (Å²) in [6.07, 6.45) is 2.00. The van der Waals surface area contributed by atoms with Gasteiger partial charge in [-0.05, 0) is 30.5 Å². The number of aliphatic hydroxyl groups is 1. The van der Waals surface area contributed by atoms with Gasteiger partial charge in [-0.3, -0.25) is 0 Å². The molecule has 0 saturated heterocycles. The van der Waals surface area contributed by atoms with Crippen LogP contribution < -0.4 is 10.1 Å². The van der Waals surface area contributed by atoms with E-state index in [2.05, 4.69) is 11.4 Å². The fourth-order valence-corrected chi connectivity index (χ4v) is 1.73. The summed E-state index contributed by atoms with van der Waals surface area (Å²) in [4.78, 5) is 0. The van der Waals surface area contributed by atoms with Crippen LogP contribution in [-0.4, -0.2) is 37.6 Å². The lowest BCUT2D eigenvalue weighted by molar-refractivity contribution is 0.0325. The predicted molar refractivity (Wildman–Crippen MR) is 69.7 cm³/mol. The maximum absolute atomic E-state index is 9.50.